The molecule has 3 aromatic carbocycles. The lowest BCUT2D eigenvalue weighted by molar-refractivity contribution is -0.154. The first-order chi connectivity index (χ1) is 18.7. The molecule has 39 heavy (non-hydrogen) atoms. The van der Waals surface area contributed by atoms with Gasteiger partial charge in [-0.15, -0.1) is 0 Å². The Bertz CT molecular complexity index is 1750. The molecule has 0 unspecified atom stereocenters. The maximum absolute atomic E-state index is 14.0. The number of rotatable bonds is 7. The second-order valence-corrected chi connectivity index (χ2v) is 8.11. The molecule has 2 aromatic heterocycles. The van der Waals surface area contributed by atoms with Crippen LogP contribution in [-0.2, 0) is 6.18 Å². The van der Waals surface area contributed by atoms with E-state index in [0.717, 1.165) is 6.07 Å². The van der Waals surface area contributed by atoms with E-state index < -0.39 is 34.7 Å². The van der Waals surface area contributed by atoms with Gasteiger partial charge in [0.1, 0.15) is 11.3 Å². The van der Waals surface area contributed by atoms with Crippen molar-refractivity contribution >= 4 is 27.9 Å². The number of furan rings is 1. The van der Waals surface area contributed by atoms with Crippen molar-refractivity contribution in [1.29, 1.82) is 0 Å². The minimum Gasteiger partial charge on any atom is -0.493 e. The highest BCUT2D eigenvalue weighted by atomic mass is 19.4. The van der Waals surface area contributed by atoms with Gasteiger partial charge in [-0.25, -0.2) is 4.79 Å². The van der Waals surface area contributed by atoms with E-state index in [9.17, 15) is 22.8 Å². The van der Waals surface area contributed by atoms with Crippen LogP contribution in [0.3, 0.4) is 0 Å². The summed E-state index contributed by atoms with van der Waals surface area (Å²) in [7, 11) is 1.45. The highest BCUT2D eigenvalue weighted by Gasteiger charge is 2.41. The zero-order chi connectivity index (χ0) is 27.7. The normalized spacial score (nSPS) is 11.5. The number of benzene rings is 3. The second kappa shape index (κ2) is 10.1. The molecule has 0 N–H and O–H groups in total. The molecule has 0 aliphatic heterocycles. The Hall–Kier alpha value is -4.93. The van der Waals surface area contributed by atoms with Crippen LogP contribution in [0.1, 0.15) is 23.2 Å². The monoisotopic (exact) mass is 540 g/mol. The molecular weight excluding hydrogens is 521 g/mol. The van der Waals surface area contributed by atoms with Crippen LogP contribution < -0.4 is 24.4 Å². The number of hydrogen-bond donors (Lipinski definition) is 0. The molecule has 0 aliphatic rings. The van der Waals surface area contributed by atoms with Crippen molar-refractivity contribution in [2.75, 3.05) is 13.7 Å². The molecule has 0 fully saturated rings. The van der Waals surface area contributed by atoms with Crippen LogP contribution in [0.2, 0.25) is 0 Å². The maximum Gasteiger partial charge on any atom is 0.453 e. The van der Waals surface area contributed by atoms with Gasteiger partial charge < -0.3 is 27.8 Å². The summed E-state index contributed by atoms with van der Waals surface area (Å²) in [5.74, 6) is -3.50. The van der Waals surface area contributed by atoms with Crippen LogP contribution in [0.4, 0.5) is 13.2 Å². The smallest absolute Gasteiger partial charge is 0.453 e. The summed E-state index contributed by atoms with van der Waals surface area (Å²) in [6.07, 6.45) is -5.08. The minimum atomic E-state index is -5.08. The molecule has 2 heterocycles. The number of ether oxygens (including phenoxy) is 4. The quantitative estimate of drug-likeness (QED) is 0.161. The van der Waals surface area contributed by atoms with Crippen molar-refractivity contribution in [3.8, 4) is 28.7 Å². The standard InChI is InChI=1S/C28H19F3O8/c1-3-35-18-8-4-5-9-19(18)37-25-23(32)17-12-11-16(14-21(17)39-26(25)28(29,30)31)36-27(33)22-13-15-7-6-10-20(34-2)24(15)38-22/h4-14H,3H2,1-2H3. The predicted octanol–water partition coefficient (Wildman–Crippen LogP) is 6.98. The molecule has 0 amide bonds. The van der Waals surface area contributed by atoms with E-state index in [1.54, 1.807) is 31.2 Å². The number of methoxy groups -OCH3 is 1. The zero-order valence-corrected chi connectivity index (χ0v) is 20.5. The number of fused-ring (bicyclic) bond motifs is 2. The molecule has 8 nitrogen and oxygen atoms in total. The summed E-state index contributed by atoms with van der Waals surface area (Å²) in [5, 5.41) is 0.360. The number of carbonyl (C=O) groups excluding carboxylic acids is 1. The number of halogens is 3. The van der Waals surface area contributed by atoms with Gasteiger partial charge >= 0.3 is 12.1 Å². The zero-order valence-electron chi connectivity index (χ0n) is 20.5. The lowest BCUT2D eigenvalue weighted by atomic mass is 10.2. The number of esters is 1. The molecule has 0 saturated heterocycles. The predicted molar refractivity (Wildman–Crippen MR) is 133 cm³/mol. The van der Waals surface area contributed by atoms with E-state index in [1.165, 1.54) is 43.5 Å². The number of carbonyl (C=O) groups is 1. The summed E-state index contributed by atoms with van der Waals surface area (Å²) in [6.45, 7) is 1.92. The Morgan fingerprint density at radius 1 is 0.923 bits per heavy atom. The highest BCUT2D eigenvalue weighted by molar-refractivity contribution is 5.95. The van der Waals surface area contributed by atoms with E-state index in [-0.39, 0.29) is 35.0 Å². The fourth-order valence-electron chi connectivity index (χ4n) is 3.87. The van der Waals surface area contributed by atoms with Gasteiger partial charge in [0, 0.05) is 11.5 Å². The second-order valence-electron chi connectivity index (χ2n) is 8.11. The first kappa shape index (κ1) is 25.7. The Kier molecular flexibility index (Phi) is 6.65. The minimum absolute atomic E-state index is 0.0930. The Morgan fingerprint density at radius 3 is 2.38 bits per heavy atom. The SMILES string of the molecule is CCOc1ccccc1Oc1c(C(F)(F)F)oc2cc(OC(=O)c3cc4cccc(OC)c4o3)ccc2c1=O. The average Bonchev–Trinajstić information content (AvgIpc) is 3.35. The van der Waals surface area contributed by atoms with Crippen molar-refractivity contribution in [3.63, 3.8) is 0 Å². The van der Waals surface area contributed by atoms with Gasteiger partial charge in [-0.2, -0.15) is 13.2 Å². The van der Waals surface area contributed by atoms with Gasteiger partial charge in [0.25, 0.3) is 5.76 Å². The van der Waals surface area contributed by atoms with Gasteiger partial charge in [-0.1, -0.05) is 24.3 Å². The Labute approximate surface area is 218 Å². The van der Waals surface area contributed by atoms with Crippen LogP contribution in [0, 0.1) is 0 Å². The van der Waals surface area contributed by atoms with E-state index in [1.807, 2.05) is 0 Å². The first-order valence-electron chi connectivity index (χ1n) is 11.6. The molecule has 200 valence electrons. The van der Waals surface area contributed by atoms with Crippen LogP contribution >= 0.6 is 0 Å². The van der Waals surface area contributed by atoms with Crippen LogP contribution in [0.25, 0.3) is 21.9 Å². The van der Waals surface area contributed by atoms with E-state index >= 15 is 0 Å². The van der Waals surface area contributed by atoms with Crippen molar-refractivity contribution < 1.29 is 45.7 Å². The lowest BCUT2D eigenvalue weighted by Crippen LogP contribution is -2.16. The van der Waals surface area contributed by atoms with Gasteiger partial charge in [0.15, 0.2) is 22.8 Å². The molecule has 0 saturated carbocycles. The number of para-hydroxylation sites is 3. The van der Waals surface area contributed by atoms with Gasteiger partial charge in [0.05, 0.1) is 19.1 Å². The fourth-order valence-corrected chi connectivity index (χ4v) is 3.87. The van der Waals surface area contributed by atoms with Crippen molar-refractivity contribution in [2.45, 2.75) is 13.1 Å². The Balaban J connectivity index is 1.52. The van der Waals surface area contributed by atoms with Crippen molar-refractivity contribution in [2.24, 2.45) is 0 Å². The number of hydrogen-bond acceptors (Lipinski definition) is 8. The number of alkyl halides is 3. The molecule has 11 heteroatoms. The third kappa shape index (κ3) is 4.98. The van der Waals surface area contributed by atoms with Crippen LogP contribution in [0.5, 0.6) is 28.7 Å². The lowest BCUT2D eigenvalue weighted by Gasteiger charge is -2.15. The Morgan fingerprint density at radius 2 is 1.67 bits per heavy atom. The molecule has 5 aromatic rings. The van der Waals surface area contributed by atoms with Gasteiger partial charge in [-0.05, 0) is 43.3 Å². The highest BCUT2D eigenvalue weighted by Crippen LogP contribution is 2.40. The first-order valence-corrected chi connectivity index (χ1v) is 11.6. The largest absolute Gasteiger partial charge is 0.493 e. The molecule has 5 rings (SSSR count). The van der Waals surface area contributed by atoms with E-state index in [4.69, 9.17) is 27.8 Å². The van der Waals surface area contributed by atoms with Gasteiger partial charge in [-0.3, -0.25) is 4.79 Å². The molecule has 0 spiro atoms. The van der Waals surface area contributed by atoms with Crippen molar-refractivity contribution in [1.82, 2.24) is 0 Å². The summed E-state index contributed by atoms with van der Waals surface area (Å²) < 4.78 is 73.8. The summed E-state index contributed by atoms with van der Waals surface area (Å²) >= 11 is 0. The third-order valence-electron chi connectivity index (χ3n) is 5.58. The van der Waals surface area contributed by atoms with Crippen LogP contribution in [0.15, 0.2) is 80.4 Å². The average molecular weight is 540 g/mol. The molecule has 0 aliphatic carbocycles. The van der Waals surface area contributed by atoms with Crippen LogP contribution in [-0.4, -0.2) is 19.7 Å². The topological polar surface area (TPSA) is 97.3 Å². The van der Waals surface area contributed by atoms with E-state index in [2.05, 4.69) is 0 Å². The molecule has 0 radical (unpaired) electrons. The summed E-state index contributed by atoms with van der Waals surface area (Å²) in [6, 6.07) is 15.9. The molecular formula is C28H19F3O8. The fraction of sp³-hybridized carbons (Fsp3) is 0.143. The van der Waals surface area contributed by atoms with E-state index in [0.29, 0.717) is 16.7 Å². The maximum atomic E-state index is 14.0. The van der Waals surface area contributed by atoms with Gasteiger partial charge in [0.2, 0.25) is 16.9 Å². The molecule has 0 bridgehead atoms. The van der Waals surface area contributed by atoms with Crippen molar-refractivity contribution in [3.05, 3.63) is 88.5 Å². The molecule has 0 atom stereocenters. The summed E-state index contributed by atoms with van der Waals surface area (Å²) in [5.41, 5.74) is -1.21. The third-order valence-corrected chi connectivity index (χ3v) is 5.58. The summed E-state index contributed by atoms with van der Waals surface area (Å²) in [4.78, 5) is 25.8.